The first kappa shape index (κ1) is 10.5. The van der Waals surface area contributed by atoms with E-state index in [0.717, 1.165) is 24.3 Å². The van der Waals surface area contributed by atoms with E-state index < -0.39 is 0 Å². The topological polar surface area (TPSA) is 16.1 Å². The molecule has 0 unspecified atom stereocenters. The van der Waals surface area contributed by atoms with Crippen molar-refractivity contribution in [2.24, 2.45) is 0 Å². The van der Waals surface area contributed by atoms with E-state index in [9.17, 15) is 4.39 Å². The second-order valence-corrected chi connectivity index (χ2v) is 4.40. The molecule has 1 aromatic carbocycles. The third-order valence-corrected chi connectivity index (χ3v) is 3.17. The van der Waals surface area contributed by atoms with Crippen LogP contribution in [0.4, 0.5) is 15.8 Å². The molecule has 0 fully saturated rings. The lowest BCUT2D eigenvalue weighted by molar-refractivity contribution is 0.628. The number of hydrogen-bond acceptors (Lipinski definition) is 2. The van der Waals surface area contributed by atoms with E-state index in [-0.39, 0.29) is 5.82 Å². The molecule has 2 nitrogen and oxygen atoms in total. The molecule has 0 bridgehead atoms. The first-order chi connectivity index (χ1) is 8.24. The van der Waals surface area contributed by atoms with Crippen molar-refractivity contribution < 1.29 is 4.39 Å². The van der Waals surface area contributed by atoms with Gasteiger partial charge in [-0.05, 0) is 36.2 Å². The van der Waals surface area contributed by atoms with Crippen LogP contribution in [0.1, 0.15) is 5.56 Å². The molecule has 0 radical (unpaired) electrons. The van der Waals surface area contributed by atoms with Crippen LogP contribution in [0, 0.1) is 5.82 Å². The van der Waals surface area contributed by atoms with E-state index in [1.54, 1.807) is 18.3 Å². The van der Waals surface area contributed by atoms with Gasteiger partial charge < -0.3 is 4.90 Å². The van der Waals surface area contributed by atoms with Gasteiger partial charge in [0.2, 0.25) is 0 Å². The van der Waals surface area contributed by atoms with Crippen LogP contribution < -0.4 is 4.90 Å². The highest BCUT2D eigenvalue weighted by Crippen LogP contribution is 2.35. The number of anilines is 2. The van der Waals surface area contributed by atoms with Gasteiger partial charge in [0.05, 0.1) is 0 Å². The van der Waals surface area contributed by atoms with Gasteiger partial charge in [-0.3, -0.25) is 0 Å². The zero-order chi connectivity index (χ0) is 11.8. The van der Waals surface area contributed by atoms with E-state index in [1.807, 2.05) is 12.1 Å². The van der Waals surface area contributed by atoms with Gasteiger partial charge in [-0.2, -0.15) is 0 Å². The molecule has 0 saturated heterocycles. The number of halogens is 2. The number of hydrogen-bond donors (Lipinski definition) is 0. The van der Waals surface area contributed by atoms with Gasteiger partial charge in [0.1, 0.15) is 11.0 Å². The molecule has 0 aliphatic carbocycles. The van der Waals surface area contributed by atoms with Crippen molar-refractivity contribution in [3.63, 3.8) is 0 Å². The van der Waals surface area contributed by atoms with Crippen molar-refractivity contribution in [3.8, 4) is 0 Å². The Balaban J connectivity index is 2.06. The lowest BCUT2D eigenvalue weighted by Gasteiger charge is -2.19. The van der Waals surface area contributed by atoms with Gasteiger partial charge >= 0.3 is 0 Å². The lowest BCUT2D eigenvalue weighted by atomic mass is 10.1. The van der Waals surface area contributed by atoms with Crippen LogP contribution in [0.3, 0.4) is 0 Å². The highest BCUT2D eigenvalue weighted by atomic mass is 35.5. The molecule has 3 rings (SSSR count). The number of nitrogens with zero attached hydrogens (tertiary/aromatic N) is 2. The Labute approximate surface area is 104 Å². The predicted octanol–water partition coefficient (Wildman–Crippen LogP) is 3.57. The molecule has 0 N–H and O–H groups in total. The zero-order valence-electron chi connectivity index (χ0n) is 9.03. The number of rotatable bonds is 1. The highest BCUT2D eigenvalue weighted by Gasteiger charge is 2.21. The molecule has 2 heterocycles. The Kier molecular flexibility index (Phi) is 2.48. The molecule has 4 heteroatoms. The Morgan fingerprint density at radius 1 is 1.24 bits per heavy atom. The van der Waals surface area contributed by atoms with Crippen LogP contribution in [0.5, 0.6) is 0 Å². The third kappa shape index (κ3) is 1.87. The standard InChI is InChI=1S/C13H10ClFN2/c14-13-8-11(3-5-16-13)17-6-4-9-1-2-10(15)7-12(9)17/h1-3,5,7-8H,4,6H2. The molecule has 0 amide bonds. The second kappa shape index (κ2) is 4.00. The Bertz CT molecular complexity index is 571. The van der Waals surface area contributed by atoms with Crippen LogP contribution in [-0.2, 0) is 6.42 Å². The summed E-state index contributed by atoms with van der Waals surface area (Å²) in [6, 6.07) is 8.58. The maximum absolute atomic E-state index is 13.3. The summed E-state index contributed by atoms with van der Waals surface area (Å²) >= 11 is 5.87. The Morgan fingerprint density at radius 2 is 2.12 bits per heavy atom. The molecule has 17 heavy (non-hydrogen) atoms. The lowest BCUT2D eigenvalue weighted by Crippen LogP contribution is -2.13. The quantitative estimate of drug-likeness (QED) is 0.718. The normalized spacial score (nSPS) is 13.9. The van der Waals surface area contributed by atoms with Crippen LogP contribution >= 0.6 is 11.6 Å². The van der Waals surface area contributed by atoms with Crippen molar-refractivity contribution >= 4 is 23.0 Å². The van der Waals surface area contributed by atoms with Gasteiger partial charge in [0.25, 0.3) is 0 Å². The summed E-state index contributed by atoms with van der Waals surface area (Å²) in [6.07, 6.45) is 2.59. The van der Waals surface area contributed by atoms with Gasteiger partial charge in [-0.1, -0.05) is 17.7 Å². The molecule has 1 aromatic heterocycles. The summed E-state index contributed by atoms with van der Waals surface area (Å²) in [6.45, 7) is 0.846. The van der Waals surface area contributed by atoms with E-state index in [4.69, 9.17) is 11.6 Å². The molecule has 0 saturated carbocycles. The molecule has 2 aromatic rings. The van der Waals surface area contributed by atoms with Gasteiger partial charge in [0.15, 0.2) is 0 Å². The number of aromatic nitrogens is 1. The first-order valence-electron chi connectivity index (χ1n) is 5.41. The molecular weight excluding hydrogens is 239 g/mol. The van der Waals surface area contributed by atoms with Crippen LogP contribution in [-0.4, -0.2) is 11.5 Å². The average molecular weight is 249 g/mol. The molecule has 0 spiro atoms. The maximum atomic E-state index is 13.3. The Hall–Kier alpha value is -1.61. The summed E-state index contributed by atoms with van der Waals surface area (Å²) in [7, 11) is 0. The van der Waals surface area contributed by atoms with Crippen LogP contribution in [0.15, 0.2) is 36.5 Å². The first-order valence-corrected chi connectivity index (χ1v) is 5.79. The van der Waals surface area contributed by atoms with Crippen molar-refractivity contribution in [2.45, 2.75) is 6.42 Å². The maximum Gasteiger partial charge on any atom is 0.131 e. The van der Waals surface area contributed by atoms with Gasteiger partial charge in [-0.25, -0.2) is 9.37 Å². The van der Waals surface area contributed by atoms with Crippen molar-refractivity contribution in [2.75, 3.05) is 11.4 Å². The van der Waals surface area contributed by atoms with E-state index >= 15 is 0 Å². The van der Waals surface area contributed by atoms with Crippen LogP contribution in [0.25, 0.3) is 0 Å². The fourth-order valence-corrected chi connectivity index (χ4v) is 2.35. The minimum Gasteiger partial charge on any atom is -0.341 e. The molecule has 1 aliphatic rings. The molecular formula is C13H10ClFN2. The average Bonchev–Trinajstić information content (AvgIpc) is 2.71. The van der Waals surface area contributed by atoms with Gasteiger partial charge in [-0.15, -0.1) is 0 Å². The Morgan fingerprint density at radius 3 is 2.94 bits per heavy atom. The number of fused-ring (bicyclic) bond motifs is 1. The molecule has 1 aliphatic heterocycles. The summed E-state index contributed by atoms with van der Waals surface area (Å²) in [5.41, 5.74) is 3.04. The largest absolute Gasteiger partial charge is 0.341 e. The van der Waals surface area contributed by atoms with E-state index in [1.165, 1.54) is 11.6 Å². The fourth-order valence-electron chi connectivity index (χ4n) is 2.18. The summed E-state index contributed by atoms with van der Waals surface area (Å²) in [5.74, 6) is -0.212. The molecule has 86 valence electrons. The highest BCUT2D eigenvalue weighted by molar-refractivity contribution is 6.29. The van der Waals surface area contributed by atoms with Crippen molar-refractivity contribution in [1.29, 1.82) is 0 Å². The van der Waals surface area contributed by atoms with Crippen molar-refractivity contribution in [3.05, 3.63) is 53.1 Å². The number of pyridine rings is 1. The minimum absolute atomic E-state index is 0.212. The van der Waals surface area contributed by atoms with Gasteiger partial charge in [0, 0.05) is 24.1 Å². The summed E-state index contributed by atoms with van der Waals surface area (Å²) in [4.78, 5) is 6.01. The smallest absolute Gasteiger partial charge is 0.131 e. The number of benzene rings is 1. The SMILES string of the molecule is Fc1ccc2c(c1)N(c1ccnc(Cl)c1)CC2. The third-order valence-electron chi connectivity index (χ3n) is 2.96. The summed E-state index contributed by atoms with van der Waals surface area (Å²) < 4.78 is 13.3. The minimum atomic E-state index is -0.212. The van der Waals surface area contributed by atoms with Crippen molar-refractivity contribution in [1.82, 2.24) is 4.98 Å². The van der Waals surface area contributed by atoms with E-state index in [0.29, 0.717) is 5.15 Å². The summed E-state index contributed by atoms with van der Waals surface area (Å²) in [5, 5.41) is 0.451. The predicted molar refractivity (Wildman–Crippen MR) is 66.4 cm³/mol. The second-order valence-electron chi connectivity index (χ2n) is 4.01. The van der Waals surface area contributed by atoms with E-state index in [2.05, 4.69) is 9.88 Å². The monoisotopic (exact) mass is 248 g/mol. The zero-order valence-corrected chi connectivity index (χ0v) is 9.78. The molecule has 0 atom stereocenters. The fraction of sp³-hybridized carbons (Fsp3) is 0.154. The van der Waals surface area contributed by atoms with Crippen LogP contribution in [0.2, 0.25) is 5.15 Å².